The van der Waals surface area contributed by atoms with Crippen LogP contribution in [0.5, 0.6) is 0 Å². The number of furan rings is 1. The molecular weight excluding hydrogens is 310 g/mol. The lowest BCUT2D eigenvalue weighted by atomic mass is 10.1. The van der Waals surface area contributed by atoms with Crippen molar-refractivity contribution in [1.82, 2.24) is 0 Å². The molecule has 0 amide bonds. The van der Waals surface area contributed by atoms with Gasteiger partial charge in [-0.05, 0) is 36.4 Å². The van der Waals surface area contributed by atoms with Gasteiger partial charge in [-0.25, -0.2) is 0 Å². The molecule has 4 nitrogen and oxygen atoms in total. The molecule has 0 saturated carbocycles. The van der Waals surface area contributed by atoms with Crippen molar-refractivity contribution in [2.45, 2.75) is 0 Å². The van der Waals surface area contributed by atoms with Crippen molar-refractivity contribution in [2.24, 2.45) is 0 Å². The minimum absolute atomic E-state index is 0.528. The van der Waals surface area contributed by atoms with E-state index < -0.39 is 0 Å². The molecule has 0 atom stereocenters. The highest BCUT2D eigenvalue weighted by atomic mass is 16.3. The second-order valence-corrected chi connectivity index (χ2v) is 5.77. The van der Waals surface area contributed by atoms with E-state index in [9.17, 15) is 5.26 Å². The van der Waals surface area contributed by atoms with Gasteiger partial charge >= 0.3 is 0 Å². The van der Waals surface area contributed by atoms with Gasteiger partial charge in [0.1, 0.15) is 6.07 Å². The van der Waals surface area contributed by atoms with Gasteiger partial charge in [-0.2, -0.15) is 10.5 Å². The summed E-state index contributed by atoms with van der Waals surface area (Å²) in [6, 6.07) is 23.2. The fourth-order valence-electron chi connectivity index (χ4n) is 3.06. The third kappa shape index (κ3) is 2.29. The maximum absolute atomic E-state index is 9.32. The normalized spacial score (nSPS) is 10.5. The fourth-order valence-corrected chi connectivity index (χ4v) is 3.06. The summed E-state index contributed by atoms with van der Waals surface area (Å²) in [7, 11) is 1.95. The van der Waals surface area contributed by atoms with E-state index in [1.165, 1.54) is 0 Å². The molecule has 4 heteroatoms. The monoisotopic (exact) mass is 323 g/mol. The predicted molar refractivity (Wildman–Crippen MR) is 97.7 cm³/mol. The lowest BCUT2D eigenvalue weighted by Gasteiger charge is -2.19. The fraction of sp³-hybridized carbons (Fsp3) is 0.0476. The minimum Gasteiger partial charge on any atom is -0.452 e. The van der Waals surface area contributed by atoms with Crippen molar-refractivity contribution < 1.29 is 4.42 Å². The third-order valence-corrected chi connectivity index (χ3v) is 4.37. The van der Waals surface area contributed by atoms with Crippen LogP contribution in [0.15, 0.2) is 65.1 Å². The SMILES string of the molecule is CN(c1ccc(C#N)cc1)c1cccc2c1oc1c(C#N)cccc12. The summed E-state index contributed by atoms with van der Waals surface area (Å²) in [4.78, 5) is 2.01. The molecule has 0 aliphatic heterocycles. The number of hydrogen-bond donors (Lipinski definition) is 0. The Hall–Kier alpha value is -3.76. The number of para-hydroxylation sites is 2. The molecule has 3 aromatic carbocycles. The van der Waals surface area contributed by atoms with Gasteiger partial charge in [-0.1, -0.05) is 24.3 Å². The van der Waals surface area contributed by atoms with Crippen LogP contribution in [0.1, 0.15) is 11.1 Å². The van der Waals surface area contributed by atoms with Crippen LogP contribution in [0, 0.1) is 22.7 Å². The van der Waals surface area contributed by atoms with Crippen molar-refractivity contribution in [1.29, 1.82) is 10.5 Å². The van der Waals surface area contributed by atoms with Gasteiger partial charge in [0.15, 0.2) is 11.2 Å². The Morgan fingerprint density at radius 2 is 1.48 bits per heavy atom. The van der Waals surface area contributed by atoms with Crippen LogP contribution in [0.3, 0.4) is 0 Å². The zero-order valence-electron chi connectivity index (χ0n) is 13.5. The van der Waals surface area contributed by atoms with Crippen molar-refractivity contribution in [3.8, 4) is 12.1 Å². The Bertz CT molecular complexity index is 1170. The first-order valence-corrected chi connectivity index (χ1v) is 7.81. The van der Waals surface area contributed by atoms with Gasteiger partial charge in [0.25, 0.3) is 0 Å². The molecule has 0 bridgehead atoms. The zero-order chi connectivity index (χ0) is 17.4. The molecule has 0 spiro atoms. The van der Waals surface area contributed by atoms with Crippen LogP contribution in [0.2, 0.25) is 0 Å². The van der Waals surface area contributed by atoms with Gasteiger partial charge in [-0.3, -0.25) is 0 Å². The van der Waals surface area contributed by atoms with Crippen molar-refractivity contribution >= 4 is 33.3 Å². The highest BCUT2D eigenvalue weighted by Gasteiger charge is 2.16. The van der Waals surface area contributed by atoms with E-state index in [0.717, 1.165) is 27.7 Å². The Labute approximate surface area is 144 Å². The first-order chi connectivity index (χ1) is 12.2. The molecular formula is C21H13N3O. The Morgan fingerprint density at radius 1 is 0.800 bits per heavy atom. The van der Waals surface area contributed by atoms with Crippen LogP contribution in [-0.2, 0) is 0 Å². The molecule has 0 radical (unpaired) electrons. The second kappa shape index (κ2) is 5.70. The summed E-state index contributed by atoms with van der Waals surface area (Å²) < 4.78 is 6.08. The van der Waals surface area contributed by atoms with E-state index in [-0.39, 0.29) is 0 Å². The summed E-state index contributed by atoms with van der Waals surface area (Å²) in [6.07, 6.45) is 0. The van der Waals surface area contributed by atoms with Gasteiger partial charge in [0.05, 0.1) is 22.9 Å². The number of fused-ring (bicyclic) bond motifs is 3. The molecule has 1 aromatic heterocycles. The average Bonchev–Trinajstić information content (AvgIpc) is 3.06. The van der Waals surface area contributed by atoms with Crippen LogP contribution < -0.4 is 4.90 Å². The molecule has 4 rings (SSSR count). The van der Waals surface area contributed by atoms with E-state index in [4.69, 9.17) is 9.68 Å². The zero-order valence-corrected chi connectivity index (χ0v) is 13.5. The molecule has 0 fully saturated rings. The summed E-state index contributed by atoms with van der Waals surface area (Å²) in [5.74, 6) is 0. The highest BCUT2D eigenvalue weighted by molar-refractivity contribution is 6.10. The minimum atomic E-state index is 0.528. The summed E-state index contributed by atoms with van der Waals surface area (Å²) in [5, 5.41) is 20.2. The molecule has 1 heterocycles. The average molecular weight is 323 g/mol. The number of rotatable bonds is 2. The van der Waals surface area contributed by atoms with Crippen molar-refractivity contribution in [2.75, 3.05) is 11.9 Å². The number of nitriles is 2. The Balaban J connectivity index is 1.92. The first-order valence-electron chi connectivity index (χ1n) is 7.81. The first kappa shape index (κ1) is 14.8. The number of anilines is 2. The maximum Gasteiger partial charge on any atom is 0.159 e. The van der Waals surface area contributed by atoms with Gasteiger partial charge in [-0.15, -0.1) is 0 Å². The molecule has 0 unspecified atom stereocenters. The second-order valence-electron chi connectivity index (χ2n) is 5.77. The smallest absolute Gasteiger partial charge is 0.159 e. The Morgan fingerprint density at radius 3 is 2.16 bits per heavy atom. The lowest BCUT2D eigenvalue weighted by molar-refractivity contribution is 0.667. The van der Waals surface area contributed by atoms with Gasteiger partial charge < -0.3 is 9.32 Å². The molecule has 4 aromatic rings. The van der Waals surface area contributed by atoms with Crippen LogP contribution in [0.25, 0.3) is 21.9 Å². The quantitative estimate of drug-likeness (QED) is 0.515. The largest absolute Gasteiger partial charge is 0.452 e. The number of hydrogen-bond acceptors (Lipinski definition) is 4. The van der Waals surface area contributed by atoms with Crippen molar-refractivity contribution in [3.63, 3.8) is 0 Å². The maximum atomic E-state index is 9.32. The molecule has 0 aliphatic carbocycles. The molecule has 25 heavy (non-hydrogen) atoms. The van der Waals surface area contributed by atoms with Crippen LogP contribution >= 0.6 is 0 Å². The highest BCUT2D eigenvalue weighted by Crippen LogP contribution is 2.38. The van der Waals surface area contributed by atoms with Crippen LogP contribution in [-0.4, -0.2) is 7.05 Å². The summed E-state index contributed by atoms with van der Waals surface area (Å²) in [5.41, 5.74) is 4.36. The number of benzene rings is 3. The van der Waals surface area contributed by atoms with E-state index >= 15 is 0 Å². The van der Waals surface area contributed by atoms with Crippen LogP contribution in [0.4, 0.5) is 11.4 Å². The van der Waals surface area contributed by atoms with E-state index in [0.29, 0.717) is 16.7 Å². The van der Waals surface area contributed by atoms with E-state index in [1.807, 2.05) is 54.4 Å². The molecule has 118 valence electrons. The summed E-state index contributed by atoms with van der Waals surface area (Å²) >= 11 is 0. The number of nitrogens with zero attached hydrogens (tertiary/aromatic N) is 3. The standard InChI is InChI=1S/C21H13N3O/c1-24(16-10-8-14(12-22)9-11-16)19-7-3-6-18-17-5-2-4-15(13-23)20(17)25-21(18)19/h2-11H,1H3. The summed E-state index contributed by atoms with van der Waals surface area (Å²) in [6.45, 7) is 0. The predicted octanol–water partition coefficient (Wildman–Crippen LogP) is 5.10. The lowest BCUT2D eigenvalue weighted by Crippen LogP contribution is -2.09. The molecule has 0 N–H and O–H groups in total. The molecule has 0 aliphatic rings. The van der Waals surface area contributed by atoms with Gasteiger partial charge in [0, 0.05) is 23.5 Å². The van der Waals surface area contributed by atoms with E-state index in [1.54, 1.807) is 18.2 Å². The van der Waals surface area contributed by atoms with E-state index in [2.05, 4.69) is 12.1 Å². The molecule has 0 saturated heterocycles. The third-order valence-electron chi connectivity index (χ3n) is 4.37. The van der Waals surface area contributed by atoms with Crippen molar-refractivity contribution in [3.05, 3.63) is 71.8 Å². The van der Waals surface area contributed by atoms with Gasteiger partial charge in [0.2, 0.25) is 0 Å². The topological polar surface area (TPSA) is 64.0 Å². The Kier molecular flexibility index (Phi) is 3.38.